The Kier molecular flexibility index (Phi) is 6.89. The quantitative estimate of drug-likeness (QED) is 0.611. The highest BCUT2D eigenvalue weighted by atomic mass is 19.1. The molecule has 1 fully saturated rings. The highest BCUT2D eigenvalue weighted by Crippen LogP contribution is 2.17. The second-order valence-electron chi connectivity index (χ2n) is 6.66. The molecule has 29 heavy (non-hydrogen) atoms. The molecule has 0 spiro atoms. The van der Waals surface area contributed by atoms with Crippen molar-refractivity contribution in [2.75, 3.05) is 50.6 Å². The van der Waals surface area contributed by atoms with Gasteiger partial charge in [-0.25, -0.2) is 9.18 Å². The van der Waals surface area contributed by atoms with Crippen LogP contribution in [0, 0.1) is 5.82 Å². The number of carbonyl (C=O) groups excluding carboxylic acids is 1. The molecule has 1 aliphatic heterocycles. The zero-order valence-corrected chi connectivity index (χ0v) is 16.7. The number of carbonyl (C=O) groups is 1. The Morgan fingerprint density at radius 2 is 1.72 bits per heavy atom. The van der Waals surface area contributed by atoms with Gasteiger partial charge in [-0.3, -0.25) is 10.3 Å². The molecular formula is C21H26FN5O2. The maximum absolute atomic E-state index is 13.1. The predicted octanol–water partition coefficient (Wildman–Crippen LogP) is 2.90. The number of piperazine rings is 1. The zero-order valence-electron chi connectivity index (χ0n) is 16.7. The number of aliphatic imine (C=N–C) groups is 1. The summed E-state index contributed by atoms with van der Waals surface area (Å²) in [7, 11) is 3.11. The Balaban J connectivity index is 1.49. The molecule has 0 aliphatic carbocycles. The van der Waals surface area contributed by atoms with Crippen LogP contribution in [0.5, 0.6) is 0 Å². The van der Waals surface area contributed by atoms with Crippen molar-refractivity contribution in [1.29, 1.82) is 0 Å². The minimum Gasteiger partial charge on any atom is -0.453 e. The Morgan fingerprint density at radius 3 is 2.31 bits per heavy atom. The normalized spacial score (nSPS) is 14.5. The van der Waals surface area contributed by atoms with E-state index in [4.69, 9.17) is 0 Å². The van der Waals surface area contributed by atoms with E-state index in [0.717, 1.165) is 43.4 Å². The van der Waals surface area contributed by atoms with E-state index in [1.165, 1.54) is 19.2 Å². The Hall–Kier alpha value is -3.29. The minimum absolute atomic E-state index is 0.217. The first-order chi connectivity index (χ1) is 14.1. The average Bonchev–Trinajstić information content (AvgIpc) is 2.76. The molecule has 2 aromatic carbocycles. The van der Waals surface area contributed by atoms with E-state index in [0.29, 0.717) is 12.2 Å². The number of guanidine groups is 1. The number of anilines is 2. The first kappa shape index (κ1) is 20.4. The van der Waals surface area contributed by atoms with Gasteiger partial charge in [-0.05, 0) is 42.0 Å². The molecule has 0 bridgehead atoms. The minimum atomic E-state index is -0.490. The Bertz CT molecular complexity index is 831. The third-order valence-corrected chi connectivity index (χ3v) is 4.82. The van der Waals surface area contributed by atoms with E-state index in [9.17, 15) is 9.18 Å². The molecule has 1 heterocycles. The summed E-state index contributed by atoms with van der Waals surface area (Å²) in [5.41, 5.74) is 2.79. The van der Waals surface area contributed by atoms with Crippen molar-refractivity contribution in [3.05, 3.63) is 59.9 Å². The predicted molar refractivity (Wildman–Crippen MR) is 113 cm³/mol. The molecule has 154 valence electrons. The lowest BCUT2D eigenvalue weighted by Crippen LogP contribution is -2.52. The topological polar surface area (TPSA) is 69.2 Å². The lowest BCUT2D eigenvalue weighted by molar-refractivity contribution is 0.187. The first-order valence-corrected chi connectivity index (χ1v) is 9.49. The van der Waals surface area contributed by atoms with Crippen LogP contribution in [-0.4, -0.2) is 57.3 Å². The monoisotopic (exact) mass is 399 g/mol. The molecular weight excluding hydrogens is 373 g/mol. The van der Waals surface area contributed by atoms with Crippen molar-refractivity contribution in [2.45, 2.75) is 6.54 Å². The van der Waals surface area contributed by atoms with E-state index < -0.39 is 6.09 Å². The lowest BCUT2D eigenvalue weighted by Gasteiger charge is -2.37. The molecule has 0 aromatic heterocycles. The van der Waals surface area contributed by atoms with Crippen molar-refractivity contribution in [3.8, 4) is 0 Å². The number of nitrogens with one attached hydrogen (secondary N) is 2. The summed E-state index contributed by atoms with van der Waals surface area (Å²) >= 11 is 0. The number of amides is 1. The van der Waals surface area contributed by atoms with Gasteiger partial charge in [0, 0.05) is 51.1 Å². The average molecular weight is 399 g/mol. The molecule has 2 N–H and O–H groups in total. The third kappa shape index (κ3) is 5.60. The lowest BCUT2D eigenvalue weighted by atomic mass is 10.2. The van der Waals surface area contributed by atoms with Crippen molar-refractivity contribution in [3.63, 3.8) is 0 Å². The maximum atomic E-state index is 13.1. The first-order valence-electron chi connectivity index (χ1n) is 9.49. The number of benzene rings is 2. The SMILES string of the molecule is CN=C(NCc1ccc(NC(=O)OC)cc1)N1CCN(c2ccc(F)cc2)CC1. The standard InChI is InChI=1S/C21H26FN5O2/c1-23-20(24-15-16-3-7-18(8-4-16)25-21(28)29-2)27-13-11-26(12-14-27)19-9-5-17(22)6-10-19/h3-10H,11-15H2,1-2H3,(H,23,24)(H,25,28). The van der Waals surface area contributed by atoms with Crippen LogP contribution in [0.15, 0.2) is 53.5 Å². The van der Waals surface area contributed by atoms with Crippen LogP contribution < -0.4 is 15.5 Å². The number of ether oxygens (including phenoxy) is 1. The molecule has 0 radical (unpaired) electrons. The molecule has 8 heteroatoms. The molecule has 2 aromatic rings. The van der Waals surface area contributed by atoms with Crippen molar-refractivity contribution < 1.29 is 13.9 Å². The van der Waals surface area contributed by atoms with Gasteiger partial charge in [-0.2, -0.15) is 0 Å². The van der Waals surface area contributed by atoms with Crippen LogP contribution in [-0.2, 0) is 11.3 Å². The summed E-state index contributed by atoms with van der Waals surface area (Å²) in [4.78, 5) is 20.1. The van der Waals surface area contributed by atoms with Crippen LogP contribution in [0.1, 0.15) is 5.56 Å². The van der Waals surface area contributed by atoms with Crippen LogP contribution in [0.4, 0.5) is 20.6 Å². The fourth-order valence-corrected chi connectivity index (χ4v) is 3.22. The highest BCUT2D eigenvalue weighted by molar-refractivity contribution is 5.84. The van der Waals surface area contributed by atoms with Gasteiger partial charge in [0.05, 0.1) is 7.11 Å². The summed E-state index contributed by atoms with van der Waals surface area (Å²) in [6, 6.07) is 14.2. The van der Waals surface area contributed by atoms with E-state index in [2.05, 4.69) is 30.2 Å². The largest absolute Gasteiger partial charge is 0.453 e. The Labute approximate surface area is 170 Å². The fourth-order valence-electron chi connectivity index (χ4n) is 3.22. The van der Waals surface area contributed by atoms with Crippen molar-refractivity contribution >= 4 is 23.4 Å². The second kappa shape index (κ2) is 9.77. The van der Waals surface area contributed by atoms with E-state index in [-0.39, 0.29) is 5.82 Å². The number of hydrogen-bond donors (Lipinski definition) is 2. The van der Waals surface area contributed by atoms with Gasteiger partial charge in [-0.1, -0.05) is 12.1 Å². The number of methoxy groups -OCH3 is 1. The number of halogens is 1. The van der Waals surface area contributed by atoms with Gasteiger partial charge >= 0.3 is 6.09 Å². The molecule has 0 saturated carbocycles. The van der Waals surface area contributed by atoms with Gasteiger partial charge in [-0.15, -0.1) is 0 Å². The van der Waals surface area contributed by atoms with Crippen molar-refractivity contribution in [2.24, 2.45) is 4.99 Å². The molecule has 3 rings (SSSR count). The summed E-state index contributed by atoms with van der Waals surface area (Å²) in [5.74, 6) is 0.631. The smallest absolute Gasteiger partial charge is 0.411 e. The van der Waals surface area contributed by atoms with Gasteiger partial charge in [0.2, 0.25) is 0 Å². The van der Waals surface area contributed by atoms with Crippen molar-refractivity contribution in [1.82, 2.24) is 10.2 Å². The highest BCUT2D eigenvalue weighted by Gasteiger charge is 2.19. The molecule has 0 unspecified atom stereocenters. The molecule has 1 aliphatic rings. The van der Waals surface area contributed by atoms with E-state index in [1.807, 2.05) is 36.4 Å². The van der Waals surface area contributed by atoms with Crippen LogP contribution in [0.3, 0.4) is 0 Å². The summed E-state index contributed by atoms with van der Waals surface area (Å²) in [6.07, 6.45) is -0.490. The van der Waals surface area contributed by atoms with E-state index >= 15 is 0 Å². The van der Waals surface area contributed by atoms with Gasteiger partial charge < -0.3 is 19.9 Å². The fraction of sp³-hybridized carbons (Fsp3) is 0.333. The van der Waals surface area contributed by atoms with Crippen LogP contribution in [0.2, 0.25) is 0 Å². The summed E-state index contributed by atoms with van der Waals surface area (Å²) in [6.45, 7) is 3.99. The molecule has 1 saturated heterocycles. The maximum Gasteiger partial charge on any atom is 0.411 e. The van der Waals surface area contributed by atoms with Gasteiger partial charge in [0.25, 0.3) is 0 Å². The van der Waals surface area contributed by atoms with Crippen LogP contribution in [0.25, 0.3) is 0 Å². The zero-order chi connectivity index (χ0) is 20.6. The molecule has 0 atom stereocenters. The number of nitrogens with zero attached hydrogens (tertiary/aromatic N) is 3. The van der Waals surface area contributed by atoms with Crippen LogP contribution >= 0.6 is 0 Å². The third-order valence-electron chi connectivity index (χ3n) is 4.82. The van der Waals surface area contributed by atoms with Gasteiger partial charge in [0.15, 0.2) is 5.96 Å². The number of hydrogen-bond acceptors (Lipinski definition) is 4. The Morgan fingerprint density at radius 1 is 1.07 bits per heavy atom. The van der Waals surface area contributed by atoms with Gasteiger partial charge in [0.1, 0.15) is 5.82 Å². The van der Waals surface area contributed by atoms with E-state index in [1.54, 1.807) is 7.05 Å². The number of rotatable bonds is 4. The summed E-state index contributed by atoms with van der Waals surface area (Å²) < 4.78 is 17.7. The molecule has 7 nitrogen and oxygen atoms in total. The summed E-state index contributed by atoms with van der Waals surface area (Å²) in [5, 5.41) is 6.01. The molecule has 1 amide bonds. The second-order valence-corrected chi connectivity index (χ2v) is 6.66.